The van der Waals surface area contributed by atoms with Gasteiger partial charge in [0.2, 0.25) is 11.9 Å². The Labute approximate surface area is 206 Å². The topological polar surface area (TPSA) is 102 Å². The highest BCUT2D eigenvalue weighted by molar-refractivity contribution is 5.89. The van der Waals surface area contributed by atoms with Gasteiger partial charge in [-0.25, -0.2) is 15.0 Å². The number of hydrogen-bond acceptors (Lipinski definition) is 8. The zero-order valence-electron chi connectivity index (χ0n) is 20.5. The van der Waals surface area contributed by atoms with E-state index in [9.17, 15) is 4.79 Å². The van der Waals surface area contributed by atoms with E-state index in [-0.39, 0.29) is 11.8 Å². The summed E-state index contributed by atoms with van der Waals surface area (Å²) in [6.07, 6.45) is 6.05. The van der Waals surface area contributed by atoms with Crippen LogP contribution >= 0.6 is 0 Å². The third kappa shape index (κ3) is 6.36. The van der Waals surface area contributed by atoms with Crippen molar-refractivity contribution in [1.82, 2.24) is 20.3 Å². The van der Waals surface area contributed by atoms with Gasteiger partial charge in [-0.3, -0.25) is 4.79 Å². The molecule has 0 saturated carbocycles. The van der Waals surface area contributed by atoms with Crippen LogP contribution in [0.25, 0.3) is 10.9 Å². The van der Waals surface area contributed by atoms with Gasteiger partial charge in [-0.05, 0) is 38.3 Å². The Balaban J connectivity index is 1.35. The van der Waals surface area contributed by atoms with Gasteiger partial charge in [-0.2, -0.15) is 0 Å². The number of benzene rings is 1. The third-order valence-corrected chi connectivity index (χ3v) is 6.25. The highest BCUT2D eigenvalue weighted by Crippen LogP contribution is 2.28. The van der Waals surface area contributed by atoms with Crippen LogP contribution in [0.5, 0.6) is 5.75 Å². The molecule has 9 nitrogen and oxygen atoms in total. The Morgan fingerprint density at radius 2 is 2.00 bits per heavy atom. The van der Waals surface area contributed by atoms with E-state index in [1.54, 1.807) is 13.3 Å². The van der Waals surface area contributed by atoms with Crippen molar-refractivity contribution in [3.8, 4) is 5.75 Å². The number of fused-ring (bicyclic) bond motifs is 1. The summed E-state index contributed by atoms with van der Waals surface area (Å²) in [5.74, 6) is 2.43. The van der Waals surface area contributed by atoms with Crippen molar-refractivity contribution in [2.45, 2.75) is 32.7 Å². The zero-order valence-corrected chi connectivity index (χ0v) is 20.5. The number of ether oxygens (including phenoxy) is 2. The predicted octanol–water partition coefficient (Wildman–Crippen LogP) is 3.40. The molecule has 1 aliphatic heterocycles. The van der Waals surface area contributed by atoms with Crippen molar-refractivity contribution >= 4 is 28.6 Å². The first-order valence-electron chi connectivity index (χ1n) is 12.3. The lowest BCUT2D eigenvalue weighted by atomic mass is 9.95. The Morgan fingerprint density at radius 1 is 1.17 bits per heavy atom. The Bertz CT molecular complexity index is 1120. The number of carbonyl (C=O) groups is 1. The maximum Gasteiger partial charge on any atom is 0.223 e. The maximum absolute atomic E-state index is 12.5. The molecule has 35 heavy (non-hydrogen) atoms. The van der Waals surface area contributed by atoms with Gasteiger partial charge in [0.25, 0.3) is 0 Å². The largest absolute Gasteiger partial charge is 0.496 e. The number of methoxy groups -OCH3 is 1. The Kier molecular flexibility index (Phi) is 8.67. The Morgan fingerprint density at radius 3 is 2.80 bits per heavy atom. The van der Waals surface area contributed by atoms with Crippen molar-refractivity contribution in [3.05, 3.63) is 48.3 Å². The van der Waals surface area contributed by atoms with E-state index in [1.165, 1.54) is 0 Å². The molecule has 0 atom stereocenters. The summed E-state index contributed by atoms with van der Waals surface area (Å²) in [5, 5.41) is 7.24. The molecule has 1 amide bonds. The zero-order chi connectivity index (χ0) is 24.5. The highest BCUT2D eigenvalue weighted by Gasteiger charge is 2.26. The van der Waals surface area contributed by atoms with E-state index in [2.05, 4.69) is 25.5 Å². The van der Waals surface area contributed by atoms with E-state index >= 15 is 0 Å². The second-order valence-corrected chi connectivity index (χ2v) is 8.53. The number of nitrogens with one attached hydrogen (secondary N) is 2. The molecule has 1 aliphatic rings. The summed E-state index contributed by atoms with van der Waals surface area (Å²) in [7, 11) is 1.67. The van der Waals surface area contributed by atoms with Gasteiger partial charge in [0.1, 0.15) is 11.6 Å². The lowest BCUT2D eigenvalue weighted by Crippen LogP contribution is -2.41. The van der Waals surface area contributed by atoms with Crippen LogP contribution in [-0.4, -0.2) is 60.8 Å². The number of aromatic nitrogens is 3. The van der Waals surface area contributed by atoms with E-state index in [0.717, 1.165) is 60.4 Å². The Hall–Kier alpha value is -3.46. The van der Waals surface area contributed by atoms with Crippen molar-refractivity contribution < 1.29 is 14.3 Å². The van der Waals surface area contributed by atoms with Crippen LogP contribution in [0.1, 0.15) is 31.7 Å². The fraction of sp³-hybridized carbons (Fsp3) is 0.462. The number of piperidine rings is 1. The highest BCUT2D eigenvalue weighted by atomic mass is 16.5. The molecule has 0 radical (unpaired) electrons. The van der Waals surface area contributed by atoms with Gasteiger partial charge < -0.3 is 25.0 Å². The first kappa shape index (κ1) is 24.7. The minimum atomic E-state index is 0.0374. The van der Waals surface area contributed by atoms with Crippen LogP contribution < -0.4 is 20.3 Å². The molecule has 0 unspecified atom stereocenters. The summed E-state index contributed by atoms with van der Waals surface area (Å²) >= 11 is 0. The molecule has 0 aliphatic carbocycles. The molecule has 0 bridgehead atoms. The molecule has 9 heteroatoms. The predicted molar refractivity (Wildman–Crippen MR) is 137 cm³/mol. The van der Waals surface area contributed by atoms with Crippen LogP contribution in [0.3, 0.4) is 0 Å². The quantitative estimate of drug-likeness (QED) is 0.405. The molecule has 1 saturated heterocycles. The molecule has 1 aromatic carbocycles. The maximum atomic E-state index is 12.5. The van der Waals surface area contributed by atoms with E-state index in [0.29, 0.717) is 32.3 Å². The standard InChI is InChI=1S/C26H34N6O3/c1-3-35-16-6-12-28-25(33)19-10-14-32(15-11-19)24-21-18-30-26(31-22(21)9-13-27-24)29-17-20-7-4-5-8-23(20)34-2/h4-5,7-9,13,18-19H,3,6,10-12,14-17H2,1-2H3,(H,28,33)(H,29,30,31). The lowest BCUT2D eigenvalue weighted by Gasteiger charge is -2.32. The molecule has 2 N–H and O–H groups in total. The third-order valence-electron chi connectivity index (χ3n) is 6.25. The van der Waals surface area contributed by atoms with Crippen LogP contribution in [-0.2, 0) is 16.1 Å². The monoisotopic (exact) mass is 478 g/mol. The normalized spacial score (nSPS) is 14.2. The van der Waals surface area contributed by atoms with E-state index < -0.39 is 0 Å². The van der Waals surface area contributed by atoms with Crippen LogP contribution in [0, 0.1) is 5.92 Å². The number of para-hydroxylation sites is 1. The van der Waals surface area contributed by atoms with Crippen molar-refractivity contribution in [2.75, 3.05) is 50.2 Å². The number of nitrogens with zero attached hydrogens (tertiary/aromatic N) is 4. The summed E-state index contributed by atoms with van der Waals surface area (Å²) in [6, 6.07) is 9.78. The molecule has 3 heterocycles. The minimum absolute atomic E-state index is 0.0374. The molecule has 3 aromatic rings. The van der Waals surface area contributed by atoms with Crippen molar-refractivity contribution in [1.29, 1.82) is 0 Å². The molecule has 1 fully saturated rings. The number of carbonyl (C=O) groups excluding carboxylic acids is 1. The van der Waals surface area contributed by atoms with Crippen molar-refractivity contribution in [2.24, 2.45) is 5.92 Å². The minimum Gasteiger partial charge on any atom is -0.496 e. The number of anilines is 2. The molecule has 186 valence electrons. The molecule has 2 aromatic heterocycles. The SMILES string of the molecule is CCOCCCNC(=O)C1CCN(c2nccc3nc(NCc4ccccc4OC)ncc23)CC1. The number of rotatable bonds is 11. The van der Waals surface area contributed by atoms with E-state index in [4.69, 9.17) is 14.5 Å². The fourth-order valence-corrected chi connectivity index (χ4v) is 4.33. The number of amides is 1. The van der Waals surface area contributed by atoms with Crippen molar-refractivity contribution in [3.63, 3.8) is 0 Å². The molecular formula is C26H34N6O3. The summed E-state index contributed by atoms with van der Waals surface area (Å²) in [4.78, 5) is 28.6. The average molecular weight is 479 g/mol. The fourth-order valence-electron chi connectivity index (χ4n) is 4.33. The first-order valence-corrected chi connectivity index (χ1v) is 12.3. The van der Waals surface area contributed by atoms with E-state index in [1.807, 2.05) is 43.5 Å². The molecule has 4 rings (SSSR count). The second-order valence-electron chi connectivity index (χ2n) is 8.53. The smallest absolute Gasteiger partial charge is 0.223 e. The second kappa shape index (κ2) is 12.3. The summed E-state index contributed by atoms with van der Waals surface area (Å²) in [6.45, 7) is 6.14. The van der Waals surface area contributed by atoms with Gasteiger partial charge in [0.15, 0.2) is 0 Å². The summed E-state index contributed by atoms with van der Waals surface area (Å²) < 4.78 is 10.7. The average Bonchev–Trinajstić information content (AvgIpc) is 2.91. The first-order chi connectivity index (χ1) is 17.2. The van der Waals surface area contributed by atoms with Crippen LogP contribution in [0.15, 0.2) is 42.7 Å². The van der Waals surface area contributed by atoms with Crippen LogP contribution in [0.2, 0.25) is 0 Å². The summed E-state index contributed by atoms with van der Waals surface area (Å²) in [5.41, 5.74) is 1.87. The van der Waals surface area contributed by atoms with Gasteiger partial charge in [0, 0.05) is 63.3 Å². The van der Waals surface area contributed by atoms with Gasteiger partial charge in [-0.15, -0.1) is 0 Å². The van der Waals surface area contributed by atoms with Gasteiger partial charge >= 0.3 is 0 Å². The number of pyridine rings is 1. The lowest BCUT2D eigenvalue weighted by molar-refractivity contribution is -0.125. The van der Waals surface area contributed by atoms with Gasteiger partial charge in [-0.1, -0.05) is 18.2 Å². The van der Waals surface area contributed by atoms with Gasteiger partial charge in [0.05, 0.1) is 18.0 Å². The molecular weight excluding hydrogens is 444 g/mol. The molecule has 0 spiro atoms. The van der Waals surface area contributed by atoms with Crippen LogP contribution in [0.4, 0.5) is 11.8 Å². The number of hydrogen-bond donors (Lipinski definition) is 2.